The van der Waals surface area contributed by atoms with Crippen LogP contribution in [0.25, 0.3) is 58.7 Å². The van der Waals surface area contributed by atoms with Crippen LogP contribution in [0.2, 0.25) is 0 Å². The summed E-state index contributed by atoms with van der Waals surface area (Å²) in [6, 6.07) is 17.0. The summed E-state index contributed by atoms with van der Waals surface area (Å²) in [5.74, 6) is 0. The first kappa shape index (κ1) is 19.5. The fraction of sp³-hybridized carbons (Fsp3) is 0.207. The molecule has 0 amide bonds. The Bertz CT molecular complexity index is 1860. The molecule has 0 saturated heterocycles. The van der Waals surface area contributed by atoms with Crippen LogP contribution in [-0.4, -0.2) is 9.94 Å². The molecule has 0 aliphatic heterocycles. The van der Waals surface area contributed by atoms with Gasteiger partial charge >= 0.3 is 0 Å². The zero-order valence-corrected chi connectivity index (χ0v) is 19.2. The number of aromatic nitrogens is 2. The number of fused-ring (bicyclic) bond motifs is 5. The quantitative estimate of drug-likeness (QED) is 0.124. The molecule has 0 aliphatic rings. The third-order valence-corrected chi connectivity index (χ3v) is 6.95. The van der Waals surface area contributed by atoms with E-state index in [0.717, 1.165) is 22.0 Å². The summed E-state index contributed by atoms with van der Waals surface area (Å²) < 4.78 is 4.53. The minimum Gasteiger partial charge on any atom is -0.317 e. The number of para-hydroxylation sites is 1. The molecule has 6 rings (SSSR count). The molecule has 0 radical (unpaired) electrons. The molecule has 4 nitrogen and oxygen atoms in total. The average Bonchev–Trinajstić information content (AvgIpc) is 3.14. The van der Waals surface area contributed by atoms with Crippen LogP contribution in [0.1, 0.15) is 25.0 Å². The summed E-state index contributed by atoms with van der Waals surface area (Å²) in [5.41, 5.74) is 7.00. The number of aryl methyl sites for hydroxylation is 2. The van der Waals surface area contributed by atoms with Gasteiger partial charge in [0.15, 0.2) is 6.20 Å². The van der Waals surface area contributed by atoms with Gasteiger partial charge in [0.05, 0.1) is 40.3 Å². The molecule has 0 spiro atoms. The lowest BCUT2D eigenvalue weighted by atomic mass is 9.92. The molecule has 0 aliphatic carbocycles. The number of benzene rings is 3. The molecule has 0 unspecified atom stereocenters. The molecule has 0 bridgehead atoms. The van der Waals surface area contributed by atoms with Gasteiger partial charge in [0.25, 0.3) is 0 Å². The maximum atomic E-state index is 7.87. The highest BCUT2D eigenvalue weighted by atomic mass is 15.0. The normalized spacial score (nSPS) is 12.3. The minimum atomic E-state index is -0.471. The first-order valence-corrected chi connectivity index (χ1v) is 11.1. The SMILES string of the molecule is [C-]#[N+]c1cccc2c3ccc(C)c4c3n(c3cc(CC(C)(C)[N+]#[C-])cc5cc[n+](C)c4c53)c12. The summed E-state index contributed by atoms with van der Waals surface area (Å²) in [5, 5.41) is 5.88. The number of hydrogen-bond donors (Lipinski definition) is 0. The summed E-state index contributed by atoms with van der Waals surface area (Å²) in [6.45, 7) is 21.6. The zero-order chi connectivity index (χ0) is 23.1. The lowest BCUT2D eigenvalue weighted by Gasteiger charge is -2.16. The smallest absolute Gasteiger partial charge is 0.231 e. The lowest BCUT2D eigenvalue weighted by molar-refractivity contribution is -0.643. The van der Waals surface area contributed by atoms with E-state index in [1.807, 2.05) is 26.0 Å². The summed E-state index contributed by atoms with van der Waals surface area (Å²) >= 11 is 0. The van der Waals surface area contributed by atoms with E-state index in [0.29, 0.717) is 12.1 Å². The molecule has 33 heavy (non-hydrogen) atoms. The van der Waals surface area contributed by atoms with Gasteiger partial charge in [0.1, 0.15) is 7.05 Å². The second kappa shape index (κ2) is 6.44. The fourth-order valence-electron chi connectivity index (χ4n) is 5.53. The van der Waals surface area contributed by atoms with Crippen molar-refractivity contribution in [2.24, 2.45) is 7.05 Å². The van der Waals surface area contributed by atoms with Crippen LogP contribution in [0.15, 0.2) is 54.7 Å². The summed E-state index contributed by atoms with van der Waals surface area (Å²) in [6.07, 6.45) is 2.81. The molecule has 0 atom stereocenters. The Kier molecular flexibility index (Phi) is 3.81. The third-order valence-electron chi connectivity index (χ3n) is 6.95. The predicted molar refractivity (Wildman–Crippen MR) is 135 cm³/mol. The highest BCUT2D eigenvalue weighted by molar-refractivity contribution is 6.27. The number of hydrogen-bond acceptors (Lipinski definition) is 0. The van der Waals surface area contributed by atoms with E-state index in [-0.39, 0.29) is 0 Å². The van der Waals surface area contributed by atoms with E-state index >= 15 is 0 Å². The van der Waals surface area contributed by atoms with Crippen molar-refractivity contribution < 1.29 is 4.57 Å². The van der Waals surface area contributed by atoms with Crippen molar-refractivity contribution in [3.05, 3.63) is 88.7 Å². The second-order valence-corrected chi connectivity index (χ2v) is 9.73. The van der Waals surface area contributed by atoms with Crippen molar-refractivity contribution in [1.82, 2.24) is 4.40 Å². The number of nitrogens with zero attached hydrogens (tertiary/aromatic N) is 4. The maximum Gasteiger partial charge on any atom is 0.231 e. The van der Waals surface area contributed by atoms with E-state index in [1.165, 1.54) is 38.1 Å². The van der Waals surface area contributed by atoms with Gasteiger partial charge in [-0.1, -0.05) is 36.4 Å². The summed E-state index contributed by atoms with van der Waals surface area (Å²) in [4.78, 5) is 7.75. The minimum absolute atomic E-state index is 0.471. The Hall–Kier alpha value is -4.15. The predicted octanol–water partition coefficient (Wildman–Crippen LogP) is 6.91. The molecular formula is C29H23N4+. The molecule has 0 N–H and O–H groups in total. The molecule has 158 valence electrons. The number of pyridine rings is 2. The Morgan fingerprint density at radius 1 is 0.970 bits per heavy atom. The van der Waals surface area contributed by atoms with Gasteiger partial charge in [-0.15, -0.1) is 0 Å². The summed E-state index contributed by atoms with van der Waals surface area (Å²) in [7, 11) is 2.11. The molecule has 0 saturated carbocycles. The van der Waals surface area contributed by atoms with E-state index in [2.05, 4.69) is 75.2 Å². The first-order chi connectivity index (χ1) is 15.8. The van der Waals surface area contributed by atoms with Crippen LogP contribution >= 0.6 is 0 Å². The monoisotopic (exact) mass is 427 g/mol. The first-order valence-electron chi connectivity index (χ1n) is 11.1. The van der Waals surface area contributed by atoms with Gasteiger partial charge in [0.2, 0.25) is 16.7 Å². The maximum absolute atomic E-state index is 7.87. The van der Waals surface area contributed by atoms with E-state index in [1.54, 1.807) is 0 Å². The largest absolute Gasteiger partial charge is 0.317 e. The lowest BCUT2D eigenvalue weighted by Crippen LogP contribution is -2.29. The van der Waals surface area contributed by atoms with E-state index < -0.39 is 5.54 Å². The van der Waals surface area contributed by atoms with Crippen molar-refractivity contribution in [3.63, 3.8) is 0 Å². The van der Waals surface area contributed by atoms with E-state index in [9.17, 15) is 0 Å². The van der Waals surface area contributed by atoms with Gasteiger partial charge in [-0.3, -0.25) is 0 Å². The Morgan fingerprint density at radius 2 is 1.76 bits per heavy atom. The van der Waals surface area contributed by atoms with Crippen molar-refractivity contribution >= 4 is 54.7 Å². The van der Waals surface area contributed by atoms with Gasteiger partial charge in [0, 0.05) is 25.3 Å². The van der Waals surface area contributed by atoms with Crippen molar-refractivity contribution in [2.75, 3.05) is 0 Å². The second-order valence-electron chi connectivity index (χ2n) is 9.73. The van der Waals surface area contributed by atoms with Crippen molar-refractivity contribution in [1.29, 1.82) is 0 Å². The average molecular weight is 428 g/mol. The fourth-order valence-corrected chi connectivity index (χ4v) is 5.53. The Morgan fingerprint density at radius 3 is 2.52 bits per heavy atom. The standard InChI is InChI=1S/C29H23N4/c1-17-10-11-21-20-8-7-9-22(30-4)26(20)33-23-15-18(16-29(2,3)31-5)14-19-12-13-32(6)28(25(19)23)24(17)27(21)33/h7-15H,16H2,1-3,6H3/q+1. The van der Waals surface area contributed by atoms with Gasteiger partial charge < -0.3 is 9.25 Å². The van der Waals surface area contributed by atoms with Crippen LogP contribution in [0.5, 0.6) is 0 Å². The van der Waals surface area contributed by atoms with Crippen LogP contribution in [0, 0.1) is 20.1 Å². The molecule has 3 heterocycles. The van der Waals surface area contributed by atoms with Crippen LogP contribution < -0.4 is 4.57 Å². The van der Waals surface area contributed by atoms with Gasteiger partial charge in [-0.05, 0) is 34.9 Å². The molecule has 3 aromatic heterocycles. The highest BCUT2D eigenvalue weighted by Crippen LogP contribution is 2.43. The van der Waals surface area contributed by atoms with Crippen molar-refractivity contribution in [2.45, 2.75) is 32.7 Å². The van der Waals surface area contributed by atoms with Gasteiger partial charge in [-0.25, -0.2) is 16.0 Å². The van der Waals surface area contributed by atoms with Crippen LogP contribution in [0.4, 0.5) is 5.69 Å². The van der Waals surface area contributed by atoms with Crippen LogP contribution in [0.3, 0.4) is 0 Å². The van der Waals surface area contributed by atoms with Gasteiger partial charge in [-0.2, -0.15) is 0 Å². The zero-order valence-electron chi connectivity index (χ0n) is 19.2. The topological polar surface area (TPSA) is 17.0 Å². The molecule has 3 aromatic carbocycles. The van der Waals surface area contributed by atoms with Crippen LogP contribution in [-0.2, 0) is 13.5 Å². The van der Waals surface area contributed by atoms with Crippen molar-refractivity contribution in [3.8, 4) is 0 Å². The third kappa shape index (κ3) is 2.53. The Labute approximate surface area is 192 Å². The highest BCUT2D eigenvalue weighted by Gasteiger charge is 2.27. The van der Waals surface area contributed by atoms with E-state index in [4.69, 9.17) is 13.1 Å². The molecule has 6 aromatic rings. The number of rotatable bonds is 2. The molecular weight excluding hydrogens is 404 g/mol. The molecule has 0 fully saturated rings. The molecule has 4 heteroatoms. The Balaban J connectivity index is 1.97.